The summed E-state index contributed by atoms with van der Waals surface area (Å²) in [6, 6.07) is 0. The molecule has 0 radical (unpaired) electrons. The number of carbonyl (C=O) groups is 1. The Labute approximate surface area is 198 Å². The van der Waals surface area contributed by atoms with E-state index in [2.05, 4.69) is 27.7 Å². The van der Waals surface area contributed by atoms with Crippen molar-refractivity contribution in [1.82, 2.24) is 0 Å². The van der Waals surface area contributed by atoms with E-state index in [9.17, 15) is 13.2 Å². The van der Waals surface area contributed by atoms with Gasteiger partial charge in [-0.1, -0.05) is 66.2 Å². The molecule has 0 heterocycles. The summed E-state index contributed by atoms with van der Waals surface area (Å²) in [5.41, 5.74) is 0.497. The van der Waals surface area contributed by atoms with Crippen molar-refractivity contribution in [2.45, 2.75) is 124 Å². The SMILES string of the molecule is CCC(CC)(CCCCOCCCCC(CC)(CC)CCCS(N)(=O)=O)CCCC(=O)O. The van der Waals surface area contributed by atoms with Gasteiger partial charge in [0.2, 0.25) is 10.0 Å². The van der Waals surface area contributed by atoms with Gasteiger partial charge in [0.1, 0.15) is 0 Å². The van der Waals surface area contributed by atoms with Crippen LogP contribution in [0.5, 0.6) is 0 Å². The van der Waals surface area contributed by atoms with Crippen molar-refractivity contribution in [2.75, 3.05) is 19.0 Å². The number of primary sulfonamides is 1. The van der Waals surface area contributed by atoms with Crippen molar-refractivity contribution in [3.05, 3.63) is 0 Å². The summed E-state index contributed by atoms with van der Waals surface area (Å²) in [5, 5.41) is 14.0. The molecule has 0 fully saturated rings. The lowest BCUT2D eigenvalue weighted by atomic mass is 9.74. The molecule has 0 aliphatic rings. The fraction of sp³-hybridized carbons (Fsp3) is 0.960. The molecule has 6 nitrogen and oxygen atoms in total. The number of nitrogens with two attached hydrogens (primary N) is 1. The molecule has 0 saturated heterocycles. The average molecular weight is 478 g/mol. The van der Waals surface area contributed by atoms with Crippen LogP contribution in [0.1, 0.15) is 124 Å². The van der Waals surface area contributed by atoms with Crippen LogP contribution in [0.2, 0.25) is 0 Å². The predicted octanol–water partition coefficient (Wildman–Crippen LogP) is 6.28. The van der Waals surface area contributed by atoms with Gasteiger partial charge in [-0.25, -0.2) is 13.6 Å². The number of ether oxygens (including phenoxy) is 1. The van der Waals surface area contributed by atoms with Crippen LogP contribution < -0.4 is 5.14 Å². The first-order valence-electron chi connectivity index (χ1n) is 12.9. The summed E-state index contributed by atoms with van der Waals surface area (Å²) in [6.07, 6.45) is 14.6. The zero-order valence-electron chi connectivity index (χ0n) is 21.3. The molecule has 0 atom stereocenters. The van der Waals surface area contributed by atoms with Gasteiger partial charge < -0.3 is 9.84 Å². The van der Waals surface area contributed by atoms with E-state index >= 15 is 0 Å². The minimum Gasteiger partial charge on any atom is -0.481 e. The average Bonchev–Trinajstić information content (AvgIpc) is 2.74. The van der Waals surface area contributed by atoms with Gasteiger partial charge in [-0.05, 0) is 62.2 Å². The molecule has 0 aromatic rings. The fourth-order valence-electron chi connectivity index (χ4n) is 4.94. The maximum Gasteiger partial charge on any atom is 0.303 e. The van der Waals surface area contributed by atoms with Crippen molar-refractivity contribution >= 4 is 16.0 Å². The van der Waals surface area contributed by atoms with Gasteiger partial charge in [-0.15, -0.1) is 0 Å². The predicted molar refractivity (Wildman–Crippen MR) is 133 cm³/mol. The standard InChI is InChI=1S/C25H51NO5S/c1-5-24(6-2,18-13-15-23(27)28)16-9-11-20-31-21-12-10-17-25(7-3,8-4)19-14-22-32(26,29)30/h5-22H2,1-4H3,(H,27,28)(H2,26,29,30). The number of rotatable bonds is 22. The molecule has 0 bridgehead atoms. The third-order valence-electron chi connectivity index (χ3n) is 7.73. The van der Waals surface area contributed by atoms with E-state index < -0.39 is 16.0 Å². The number of hydrogen-bond acceptors (Lipinski definition) is 4. The molecule has 7 heteroatoms. The topological polar surface area (TPSA) is 107 Å². The maximum absolute atomic E-state index is 11.2. The Kier molecular flexibility index (Phi) is 16.5. The van der Waals surface area contributed by atoms with Crippen LogP contribution in [-0.2, 0) is 19.6 Å². The van der Waals surface area contributed by atoms with Crippen LogP contribution in [0.15, 0.2) is 0 Å². The van der Waals surface area contributed by atoms with Crippen LogP contribution in [-0.4, -0.2) is 38.5 Å². The number of carboxylic acids is 1. The van der Waals surface area contributed by atoms with Crippen LogP contribution in [0.4, 0.5) is 0 Å². The molecule has 0 aromatic heterocycles. The smallest absolute Gasteiger partial charge is 0.303 e. The second-order valence-corrected chi connectivity index (χ2v) is 11.4. The van der Waals surface area contributed by atoms with Gasteiger partial charge in [-0.3, -0.25) is 4.79 Å². The zero-order chi connectivity index (χ0) is 24.5. The zero-order valence-corrected chi connectivity index (χ0v) is 22.1. The Morgan fingerprint density at radius 3 is 1.53 bits per heavy atom. The van der Waals surface area contributed by atoms with E-state index in [1.54, 1.807) is 0 Å². The summed E-state index contributed by atoms with van der Waals surface area (Å²) < 4.78 is 28.3. The quantitative estimate of drug-likeness (QED) is 0.178. The van der Waals surface area contributed by atoms with Crippen molar-refractivity contribution < 1.29 is 23.1 Å². The molecule has 32 heavy (non-hydrogen) atoms. The van der Waals surface area contributed by atoms with E-state index in [1.807, 2.05) is 0 Å². The molecular weight excluding hydrogens is 426 g/mol. The van der Waals surface area contributed by atoms with Crippen LogP contribution in [0.25, 0.3) is 0 Å². The van der Waals surface area contributed by atoms with Gasteiger partial charge in [-0.2, -0.15) is 0 Å². The Balaban J connectivity index is 4.06. The molecule has 192 valence electrons. The second-order valence-electron chi connectivity index (χ2n) is 9.66. The third kappa shape index (κ3) is 14.5. The van der Waals surface area contributed by atoms with E-state index in [-0.39, 0.29) is 23.0 Å². The molecule has 3 N–H and O–H groups in total. The molecule has 0 spiro atoms. The van der Waals surface area contributed by atoms with Crippen LogP contribution in [0, 0.1) is 10.8 Å². The highest BCUT2D eigenvalue weighted by molar-refractivity contribution is 7.89. The Bertz CT molecular complexity index is 583. The van der Waals surface area contributed by atoms with Gasteiger partial charge in [0.15, 0.2) is 0 Å². The number of aliphatic carboxylic acids is 1. The molecule has 0 aliphatic carbocycles. The molecule has 0 aromatic carbocycles. The summed E-state index contributed by atoms with van der Waals surface area (Å²) in [5.74, 6) is -0.618. The van der Waals surface area contributed by atoms with Gasteiger partial charge >= 0.3 is 5.97 Å². The van der Waals surface area contributed by atoms with E-state index in [0.29, 0.717) is 6.42 Å². The van der Waals surface area contributed by atoms with Gasteiger partial charge in [0.25, 0.3) is 0 Å². The highest BCUT2D eigenvalue weighted by Crippen LogP contribution is 2.38. The van der Waals surface area contributed by atoms with Gasteiger partial charge in [0.05, 0.1) is 5.75 Å². The Morgan fingerprint density at radius 2 is 1.16 bits per heavy atom. The third-order valence-corrected chi connectivity index (χ3v) is 8.58. The maximum atomic E-state index is 11.2. The van der Waals surface area contributed by atoms with Crippen molar-refractivity contribution in [3.8, 4) is 0 Å². The summed E-state index contributed by atoms with van der Waals surface area (Å²) in [6.45, 7) is 10.4. The second kappa shape index (κ2) is 16.9. The number of sulfonamides is 1. The van der Waals surface area contributed by atoms with E-state index in [4.69, 9.17) is 15.0 Å². The van der Waals surface area contributed by atoms with E-state index in [1.165, 1.54) is 0 Å². The largest absolute Gasteiger partial charge is 0.481 e. The summed E-state index contributed by atoms with van der Waals surface area (Å²) in [4.78, 5) is 10.8. The van der Waals surface area contributed by atoms with Crippen LogP contribution >= 0.6 is 0 Å². The number of carboxylic acid groups (broad SMARTS) is 1. The monoisotopic (exact) mass is 477 g/mol. The Morgan fingerprint density at radius 1 is 0.750 bits per heavy atom. The summed E-state index contributed by atoms with van der Waals surface area (Å²) in [7, 11) is -3.37. The van der Waals surface area contributed by atoms with Crippen molar-refractivity contribution in [3.63, 3.8) is 0 Å². The van der Waals surface area contributed by atoms with Crippen molar-refractivity contribution in [2.24, 2.45) is 16.0 Å². The highest BCUT2D eigenvalue weighted by Gasteiger charge is 2.26. The first-order chi connectivity index (χ1) is 15.1. The fourth-order valence-corrected chi connectivity index (χ4v) is 5.48. The van der Waals surface area contributed by atoms with E-state index in [0.717, 1.165) is 96.7 Å². The minimum atomic E-state index is -3.37. The summed E-state index contributed by atoms with van der Waals surface area (Å²) >= 11 is 0. The molecule has 0 unspecified atom stereocenters. The molecule has 0 amide bonds. The van der Waals surface area contributed by atoms with Crippen LogP contribution in [0.3, 0.4) is 0 Å². The first kappa shape index (κ1) is 31.3. The number of unbranched alkanes of at least 4 members (excludes halogenated alkanes) is 2. The number of hydrogen-bond donors (Lipinski definition) is 2. The lowest BCUT2D eigenvalue weighted by Crippen LogP contribution is -2.22. The lowest BCUT2D eigenvalue weighted by molar-refractivity contribution is -0.137. The molecule has 0 rings (SSSR count). The van der Waals surface area contributed by atoms with Crippen molar-refractivity contribution in [1.29, 1.82) is 0 Å². The minimum absolute atomic E-state index is 0.0781. The first-order valence-corrected chi connectivity index (χ1v) is 14.6. The molecular formula is C25H51NO5S. The normalized spacial score (nSPS) is 12.9. The molecule has 0 aliphatic heterocycles. The van der Waals surface area contributed by atoms with Gasteiger partial charge in [0, 0.05) is 19.6 Å². The Hall–Kier alpha value is -0.660. The lowest BCUT2D eigenvalue weighted by Gasteiger charge is -2.32. The molecule has 0 saturated carbocycles. The highest BCUT2D eigenvalue weighted by atomic mass is 32.2.